The number of quaternary nitrogens is 1. The van der Waals surface area contributed by atoms with Gasteiger partial charge in [-0.05, 0) is 0 Å². The van der Waals surface area contributed by atoms with Crippen molar-refractivity contribution in [3.8, 4) is 0 Å². The molecule has 0 aliphatic carbocycles. The molecular weight excluding hydrogens is 198 g/mol. The number of carbonyl (C=O) groups is 3. The summed E-state index contributed by atoms with van der Waals surface area (Å²) in [5, 5.41) is 33.8. The van der Waals surface area contributed by atoms with Crippen molar-refractivity contribution in [2.75, 3.05) is 0 Å². The molecule has 0 aromatic rings. The van der Waals surface area contributed by atoms with Crippen LogP contribution in [0.1, 0.15) is 12.8 Å². The fraction of sp³-hybridized carbons (Fsp3) is 0.500. The number of carboxylic acids is 3. The van der Waals surface area contributed by atoms with E-state index in [4.69, 9.17) is 20.4 Å². The highest BCUT2D eigenvalue weighted by Gasteiger charge is 2.40. The van der Waals surface area contributed by atoms with Gasteiger partial charge in [-0.1, -0.05) is 0 Å². The van der Waals surface area contributed by atoms with E-state index in [2.05, 4.69) is 0 Å². The largest absolute Gasteiger partial charge is 0.481 e. The van der Waals surface area contributed by atoms with Gasteiger partial charge in [0.25, 0.3) is 0 Å². The average molecular weight is 210 g/mol. The van der Waals surface area contributed by atoms with Gasteiger partial charge < -0.3 is 26.6 Å². The van der Waals surface area contributed by atoms with Crippen LogP contribution in [0.3, 0.4) is 0 Å². The standard InChI is InChI=1S/C6H8O7.H3N/c7-3(8)1-6(13,5(11)12)2-4(9)10;/h13H,1-2H2,(H,7,8)(H,9,10)(H,11,12);1H3/p+1. The van der Waals surface area contributed by atoms with Crippen molar-refractivity contribution >= 4 is 17.9 Å². The summed E-state index contributed by atoms with van der Waals surface area (Å²) in [7, 11) is 0. The van der Waals surface area contributed by atoms with Gasteiger partial charge in [-0.15, -0.1) is 0 Å². The Kier molecular flexibility index (Phi) is 5.45. The predicted molar refractivity (Wildman–Crippen MR) is 43.1 cm³/mol. The molecule has 0 saturated carbocycles. The maximum absolute atomic E-state index is 10.3. The number of hydrogen-bond acceptors (Lipinski definition) is 4. The summed E-state index contributed by atoms with van der Waals surface area (Å²) in [6.45, 7) is 0. The molecule has 0 atom stereocenters. The van der Waals surface area contributed by atoms with Crippen LogP contribution >= 0.6 is 0 Å². The molecule has 0 rings (SSSR count). The van der Waals surface area contributed by atoms with E-state index in [9.17, 15) is 14.4 Å². The Bertz CT molecular complexity index is 233. The molecule has 0 amide bonds. The summed E-state index contributed by atoms with van der Waals surface area (Å²) in [5.74, 6) is -5.02. The molecule has 14 heavy (non-hydrogen) atoms. The molecule has 8 nitrogen and oxygen atoms in total. The highest BCUT2D eigenvalue weighted by Crippen LogP contribution is 2.15. The van der Waals surface area contributed by atoms with Crippen molar-refractivity contribution in [2.24, 2.45) is 0 Å². The van der Waals surface area contributed by atoms with Gasteiger partial charge in [-0.2, -0.15) is 0 Å². The van der Waals surface area contributed by atoms with Crippen LogP contribution in [-0.4, -0.2) is 43.9 Å². The van der Waals surface area contributed by atoms with E-state index in [0.29, 0.717) is 0 Å². The van der Waals surface area contributed by atoms with Crippen molar-refractivity contribution in [3.05, 3.63) is 0 Å². The van der Waals surface area contributed by atoms with Gasteiger partial charge in [0, 0.05) is 0 Å². The molecule has 0 heterocycles. The number of aliphatic hydroxyl groups is 1. The average Bonchev–Trinajstić information content (AvgIpc) is 1.82. The Balaban J connectivity index is 0. The van der Waals surface area contributed by atoms with Crippen molar-refractivity contribution in [1.82, 2.24) is 6.15 Å². The molecular formula is C6H12NO7+. The van der Waals surface area contributed by atoms with Gasteiger partial charge in [0.1, 0.15) is 0 Å². The third kappa shape index (κ3) is 4.38. The Morgan fingerprint density at radius 2 is 1.21 bits per heavy atom. The van der Waals surface area contributed by atoms with E-state index in [1.54, 1.807) is 0 Å². The fourth-order valence-corrected chi connectivity index (χ4v) is 0.714. The van der Waals surface area contributed by atoms with Crippen LogP contribution in [0.2, 0.25) is 0 Å². The van der Waals surface area contributed by atoms with Crippen molar-refractivity contribution in [1.29, 1.82) is 0 Å². The minimum atomic E-state index is -2.74. The summed E-state index contributed by atoms with van der Waals surface area (Å²) < 4.78 is 0. The number of hydrogen-bond donors (Lipinski definition) is 5. The van der Waals surface area contributed by atoms with Gasteiger partial charge in [0.2, 0.25) is 0 Å². The van der Waals surface area contributed by atoms with E-state index in [1.807, 2.05) is 0 Å². The monoisotopic (exact) mass is 210 g/mol. The summed E-state index contributed by atoms with van der Waals surface area (Å²) >= 11 is 0. The quantitative estimate of drug-likeness (QED) is 0.392. The van der Waals surface area contributed by atoms with Crippen LogP contribution in [0.25, 0.3) is 0 Å². The highest BCUT2D eigenvalue weighted by molar-refractivity contribution is 5.88. The second-order valence-electron chi connectivity index (χ2n) is 2.48. The van der Waals surface area contributed by atoms with Crippen molar-refractivity contribution in [3.63, 3.8) is 0 Å². The maximum atomic E-state index is 10.3. The molecule has 0 unspecified atom stereocenters. The molecule has 82 valence electrons. The van der Waals surface area contributed by atoms with E-state index >= 15 is 0 Å². The lowest BCUT2D eigenvalue weighted by Crippen LogP contribution is -2.42. The normalized spacial score (nSPS) is 10.1. The summed E-state index contributed by atoms with van der Waals surface area (Å²) in [6.07, 6.45) is -2.29. The molecule has 0 aliphatic heterocycles. The Morgan fingerprint density at radius 3 is 1.36 bits per heavy atom. The number of rotatable bonds is 5. The predicted octanol–water partition coefficient (Wildman–Crippen LogP) is -0.872. The topological polar surface area (TPSA) is 169 Å². The van der Waals surface area contributed by atoms with Crippen molar-refractivity contribution in [2.45, 2.75) is 18.4 Å². The molecule has 0 aliphatic rings. The van der Waals surface area contributed by atoms with E-state index in [0.717, 1.165) is 0 Å². The van der Waals surface area contributed by atoms with Crippen LogP contribution in [-0.2, 0) is 14.4 Å². The number of aliphatic carboxylic acids is 3. The minimum absolute atomic E-state index is 0. The molecule has 8 heteroatoms. The maximum Gasteiger partial charge on any atom is 0.336 e. The van der Waals surface area contributed by atoms with Gasteiger partial charge in [-0.3, -0.25) is 9.59 Å². The summed E-state index contributed by atoms with van der Waals surface area (Å²) in [4.78, 5) is 30.5. The Hall–Kier alpha value is -1.67. The van der Waals surface area contributed by atoms with E-state index in [1.165, 1.54) is 0 Å². The molecule has 0 aromatic heterocycles. The lowest BCUT2D eigenvalue weighted by Gasteiger charge is -2.18. The SMILES string of the molecule is O=C(O)CC(O)(CC(=O)O)C(=O)O.[NH4+]. The van der Waals surface area contributed by atoms with Gasteiger partial charge in [0.15, 0.2) is 5.60 Å². The first-order valence-corrected chi connectivity index (χ1v) is 3.17. The van der Waals surface area contributed by atoms with E-state index in [-0.39, 0.29) is 6.15 Å². The van der Waals surface area contributed by atoms with Gasteiger partial charge in [-0.25, -0.2) is 4.79 Å². The smallest absolute Gasteiger partial charge is 0.336 e. The van der Waals surface area contributed by atoms with Crippen molar-refractivity contribution < 1.29 is 34.8 Å². The Labute approximate surface area is 78.4 Å². The molecule has 0 bridgehead atoms. The van der Waals surface area contributed by atoms with Crippen LogP contribution in [0.15, 0.2) is 0 Å². The zero-order valence-corrected chi connectivity index (χ0v) is 7.43. The lowest BCUT2D eigenvalue weighted by molar-refractivity contribution is -0.170. The van der Waals surface area contributed by atoms with Crippen LogP contribution in [0.4, 0.5) is 0 Å². The molecule has 0 spiro atoms. The minimum Gasteiger partial charge on any atom is -0.481 e. The molecule has 0 saturated heterocycles. The first-order valence-electron chi connectivity index (χ1n) is 3.17. The second-order valence-corrected chi connectivity index (χ2v) is 2.48. The first-order chi connectivity index (χ1) is 5.78. The van der Waals surface area contributed by atoms with Gasteiger partial charge in [0.05, 0.1) is 12.8 Å². The fourth-order valence-electron chi connectivity index (χ4n) is 0.714. The van der Waals surface area contributed by atoms with E-state index < -0.39 is 36.4 Å². The molecule has 8 N–H and O–H groups in total. The van der Waals surface area contributed by atoms with Crippen LogP contribution in [0, 0.1) is 0 Å². The third-order valence-corrected chi connectivity index (χ3v) is 1.29. The zero-order chi connectivity index (χ0) is 10.6. The Morgan fingerprint density at radius 1 is 0.929 bits per heavy atom. The zero-order valence-electron chi connectivity index (χ0n) is 7.43. The molecule has 0 fully saturated rings. The third-order valence-electron chi connectivity index (χ3n) is 1.29. The van der Waals surface area contributed by atoms with Crippen LogP contribution < -0.4 is 6.15 Å². The molecule has 0 radical (unpaired) electrons. The highest BCUT2D eigenvalue weighted by atomic mass is 16.4. The number of carboxylic acid groups (broad SMARTS) is 3. The first kappa shape index (κ1) is 14.8. The van der Waals surface area contributed by atoms with Gasteiger partial charge >= 0.3 is 17.9 Å². The summed E-state index contributed by atoms with van der Waals surface area (Å²) in [5.41, 5.74) is -2.74. The lowest BCUT2D eigenvalue weighted by atomic mass is 9.96. The van der Waals surface area contributed by atoms with Crippen LogP contribution in [0.5, 0.6) is 0 Å². The molecule has 0 aromatic carbocycles. The summed E-state index contributed by atoms with van der Waals surface area (Å²) in [6, 6.07) is 0. The second kappa shape index (κ2) is 5.14.